The van der Waals surface area contributed by atoms with E-state index in [0.717, 1.165) is 4.68 Å². The lowest BCUT2D eigenvalue weighted by Crippen LogP contribution is -2.21. The summed E-state index contributed by atoms with van der Waals surface area (Å²) in [6.45, 7) is 2.98. The first-order chi connectivity index (χ1) is 7.35. The summed E-state index contributed by atoms with van der Waals surface area (Å²) in [4.78, 5) is 0. The van der Waals surface area contributed by atoms with Gasteiger partial charge in [-0.05, 0) is 13.0 Å². The van der Waals surface area contributed by atoms with E-state index >= 15 is 0 Å². The average Bonchev–Trinajstić information content (AvgIpc) is 2.45. The van der Waals surface area contributed by atoms with Crippen LogP contribution in [0.25, 0.3) is 0 Å². The van der Waals surface area contributed by atoms with E-state index in [2.05, 4.69) is 15.6 Å². The van der Waals surface area contributed by atoms with Crippen molar-refractivity contribution in [2.45, 2.75) is 39.0 Å². The maximum absolute atomic E-state index is 12.3. The Hall–Kier alpha value is -1.11. The van der Waals surface area contributed by atoms with Gasteiger partial charge in [0.2, 0.25) is 0 Å². The number of nitrogens with zero attached hydrogens (tertiary/aromatic N) is 3. The lowest BCUT2D eigenvalue weighted by molar-refractivity contribution is -0.143. The first-order valence-electron chi connectivity index (χ1n) is 4.98. The van der Waals surface area contributed by atoms with Gasteiger partial charge in [0.25, 0.3) is 0 Å². The van der Waals surface area contributed by atoms with Gasteiger partial charge in [-0.2, -0.15) is 13.2 Å². The van der Waals surface area contributed by atoms with Crippen molar-refractivity contribution >= 4 is 0 Å². The zero-order chi connectivity index (χ0) is 12.3. The fourth-order valence-electron chi connectivity index (χ4n) is 1.57. The van der Waals surface area contributed by atoms with Gasteiger partial charge in [0, 0.05) is 6.54 Å². The van der Waals surface area contributed by atoms with E-state index in [4.69, 9.17) is 0 Å². The fraction of sp³-hybridized carbons (Fsp3) is 0.778. The van der Waals surface area contributed by atoms with Crippen LogP contribution in [0.1, 0.15) is 31.2 Å². The summed E-state index contributed by atoms with van der Waals surface area (Å²) in [5, 5.41) is 10.2. The summed E-state index contributed by atoms with van der Waals surface area (Å²) in [6, 6.07) is 0. The molecule has 7 heteroatoms. The molecule has 0 saturated heterocycles. The molecule has 1 rings (SSSR count). The highest BCUT2D eigenvalue weighted by atomic mass is 19.4. The zero-order valence-corrected chi connectivity index (χ0v) is 9.47. The van der Waals surface area contributed by atoms with Gasteiger partial charge in [0.15, 0.2) is 0 Å². The molecule has 0 aliphatic heterocycles. The fourth-order valence-corrected chi connectivity index (χ4v) is 1.57. The first kappa shape index (κ1) is 13.0. The van der Waals surface area contributed by atoms with Crippen LogP contribution in [0.5, 0.6) is 0 Å². The summed E-state index contributed by atoms with van der Waals surface area (Å²) in [7, 11) is 1.72. The van der Waals surface area contributed by atoms with E-state index in [9.17, 15) is 13.2 Å². The van der Waals surface area contributed by atoms with E-state index in [1.165, 1.54) is 0 Å². The second kappa shape index (κ2) is 4.82. The summed E-state index contributed by atoms with van der Waals surface area (Å²) >= 11 is 0. The molecule has 1 aromatic heterocycles. The van der Waals surface area contributed by atoms with Crippen LogP contribution in [0, 0.1) is 0 Å². The molecule has 0 amide bonds. The van der Waals surface area contributed by atoms with Gasteiger partial charge in [-0.15, -0.1) is 5.10 Å². The Kier molecular flexibility index (Phi) is 3.90. The summed E-state index contributed by atoms with van der Waals surface area (Å²) in [5.74, 6) is -0.0410. The van der Waals surface area contributed by atoms with E-state index < -0.39 is 12.7 Å². The van der Waals surface area contributed by atoms with Gasteiger partial charge in [-0.1, -0.05) is 19.1 Å². The second-order valence-electron chi connectivity index (χ2n) is 3.88. The molecule has 0 aliphatic carbocycles. The van der Waals surface area contributed by atoms with Crippen LogP contribution >= 0.6 is 0 Å². The number of aromatic nitrogens is 3. The van der Waals surface area contributed by atoms with E-state index in [1.54, 1.807) is 7.05 Å². The number of hydrogen-bond donors (Lipinski definition) is 1. The van der Waals surface area contributed by atoms with Crippen LogP contribution in [0.15, 0.2) is 0 Å². The Bertz CT molecular complexity index is 343. The molecule has 0 unspecified atom stereocenters. The van der Waals surface area contributed by atoms with Gasteiger partial charge in [0.05, 0.1) is 11.4 Å². The number of nitrogens with one attached hydrogen (secondary N) is 1. The van der Waals surface area contributed by atoms with Crippen molar-refractivity contribution in [1.82, 2.24) is 20.3 Å². The molecule has 0 aliphatic rings. The Labute approximate surface area is 91.8 Å². The molecule has 1 heterocycles. The van der Waals surface area contributed by atoms with Crippen LogP contribution in [-0.2, 0) is 13.1 Å². The lowest BCUT2D eigenvalue weighted by Gasteiger charge is -2.12. The molecule has 0 aromatic carbocycles. The molecule has 0 radical (unpaired) electrons. The van der Waals surface area contributed by atoms with Crippen molar-refractivity contribution in [2.24, 2.45) is 0 Å². The third-order valence-electron chi connectivity index (χ3n) is 2.07. The molecule has 4 nitrogen and oxygen atoms in total. The van der Waals surface area contributed by atoms with E-state index in [0.29, 0.717) is 17.9 Å². The number of rotatable bonds is 4. The normalized spacial score (nSPS) is 12.4. The van der Waals surface area contributed by atoms with Crippen LogP contribution < -0.4 is 5.32 Å². The van der Waals surface area contributed by atoms with Gasteiger partial charge >= 0.3 is 6.18 Å². The van der Waals surface area contributed by atoms with Crippen molar-refractivity contribution in [3.05, 3.63) is 11.4 Å². The molecular weight excluding hydrogens is 221 g/mol. The predicted octanol–water partition coefficient (Wildman–Crippen LogP) is 1.68. The molecule has 0 spiro atoms. The van der Waals surface area contributed by atoms with Crippen molar-refractivity contribution in [2.75, 3.05) is 7.05 Å². The van der Waals surface area contributed by atoms with Crippen LogP contribution in [0.4, 0.5) is 13.2 Å². The van der Waals surface area contributed by atoms with Gasteiger partial charge < -0.3 is 5.32 Å². The Morgan fingerprint density at radius 2 is 2.00 bits per heavy atom. The van der Waals surface area contributed by atoms with Gasteiger partial charge in [-0.3, -0.25) is 0 Å². The SMILES string of the molecule is CNCc1nnn(CC(F)(F)F)c1C(C)C. The molecule has 0 atom stereocenters. The van der Waals surface area contributed by atoms with Crippen molar-refractivity contribution in [3.63, 3.8) is 0 Å². The first-order valence-corrected chi connectivity index (χ1v) is 4.98. The quantitative estimate of drug-likeness (QED) is 0.865. The molecule has 16 heavy (non-hydrogen) atoms. The molecular formula is C9H15F3N4. The van der Waals surface area contributed by atoms with Gasteiger partial charge in [0.1, 0.15) is 6.54 Å². The smallest absolute Gasteiger partial charge is 0.314 e. The third-order valence-corrected chi connectivity index (χ3v) is 2.07. The molecule has 0 fully saturated rings. The summed E-state index contributed by atoms with van der Waals surface area (Å²) < 4.78 is 37.8. The minimum Gasteiger partial charge on any atom is -0.314 e. The monoisotopic (exact) mass is 236 g/mol. The molecule has 1 N–H and O–H groups in total. The van der Waals surface area contributed by atoms with Crippen LogP contribution in [-0.4, -0.2) is 28.2 Å². The highest BCUT2D eigenvalue weighted by Gasteiger charge is 2.31. The predicted molar refractivity (Wildman–Crippen MR) is 52.9 cm³/mol. The van der Waals surface area contributed by atoms with E-state index in [-0.39, 0.29) is 5.92 Å². The minimum absolute atomic E-state index is 0.0410. The summed E-state index contributed by atoms with van der Waals surface area (Å²) in [6.07, 6.45) is -4.27. The Morgan fingerprint density at radius 1 is 1.38 bits per heavy atom. The van der Waals surface area contributed by atoms with Crippen molar-refractivity contribution < 1.29 is 13.2 Å². The minimum atomic E-state index is -4.27. The van der Waals surface area contributed by atoms with Crippen molar-refractivity contribution in [3.8, 4) is 0 Å². The lowest BCUT2D eigenvalue weighted by atomic mass is 10.1. The highest BCUT2D eigenvalue weighted by molar-refractivity contribution is 5.14. The maximum atomic E-state index is 12.3. The number of hydrogen-bond acceptors (Lipinski definition) is 3. The number of alkyl halides is 3. The zero-order valence-electron chi connectivity index (χ0n) is 9.47. The van der Waals surface area contributed by atoms with Crippen LogP contribution in [0.3, 0.4) is 0 Å². The number of halogens is 3. The van der Waals surface area contributed by atoms with Crippen LogP contribution in [0.2, 0.25) is 0 Å². The largest absolute Gasteiger partial charge is 0.408 e. The average molecular weight is 236 g/mol. The highest BCUT2D eigenvalue weighted by Crippen LogP contribution is 2.22. The molecule has 92 valence electrons. The topological polar surface area (TPSA) is 42.7 Å². The molecule has 0 bridgehead atoms. The third kappa shape index (κ3) is 3.19. The van der Waals surface area contributed by atoms with E-state index in [1.807, 2.05) is 13.8 Å². The molecule has 1 aromatic rings. The maximum Gasteiger partial charge on any atom is 0.408 e. The Morgan fingerprint density at radius 3 is 2.44 bits per heavy atom. The Balaban J connectivity index is 3.00. The molecule has 0 saturated carbocycles. The van der Waals surface area contributed by atoms with Gasteiger partial charge in [-0.25, -0.2) is 4.68 Å². The van der Waals surface area contributed by atoms with Crippen molar-refractivity contribution in [1.29, 1.82) is 0 Å². The second-order valence-corrected chi connectivity index (χ2v) is 3.88. The summed E-state index contributed by atoms with van der Waals surface area (Å²) in [5.41, 5.74) is 1.11. The standard InChI is InChI=1S/C9H15F3N4/c1-6(2)8-7(4-13-3)14-15-16(8)5-9(10,11)12/h6,13H,4-5H2,1-3H3.